The van der Waals surface area contributed by atoms with Gasteiger partial charge in [0.1, 0.15) is 0 Å². The van der Waals surface area contributed by atoms with Crippen molar-refractivity contribution in [3.8, 4) is 0 Å². The zero-order valence-electron chi connectivity index (χ0n) is 20.0. The molecule has 4 aromatic rings. The normalized spacial score (nSPS) is 13.3. The van der Waals surface area contributed by atoms with E-state index < -0.39 is 0 Å². The van der Waals surface area contributed by atoms with Crippen LogP contribution < -0.4 is 15.5 Å². The topological polar surface area (TPSA) is 64.7 Å². The second-order valence-electron chi connectivity index (χ2n) is 8.71. The molecule has 0 spiro atoms. The monoisotopic (exact) mass is 572 g/mol. The summed E-state index contributed by atoms with van der Waals surface area (Å²) >= 11 is 9.05. The molecule has 0 aliphatic carbocycles. The van der Waals surface area contributed by atoms with Crippen molar-refractivity contribution in [1.82, 2.24) is 10.2 Å². The van der Waals surface area contributed by atoms with Crippen molar-refractivity contribution in [2.45, 2.75) is 0 Å². The van der Waals surface area contributed by atoms with Gasteiger partial charge >= 0.3 is 0 Å². The molecule has 1 saturated heterocycles. The Hall–Kier alpha value is -3.75. The maximum atomic E-state index is 13.1. The molecule has 0 atom stereocenters. The van der Waals surface area contributed by atoms with E-state index in [4.69, 9.17) is 12.2 Å². The third-order valence-corrected chi connectivity index (χ3v) is 7.32. The summed E-state index contributed by atoms with van der Waals surface area (Å²) in [6.07, 6.45) is 0. The molecule has 186 valence electrons. The van der Waals surface area contributed by atoms with Gasteiger partial charge in [0.25, 0.3) is 11.8 Å². The Bertz CT molecular complexity index is 1470. The van der Waals surface area contributed by atoms with Crippen LogP contribution in [-0.2, 0) is 0 Å². The van der Waals surface area contributed by atoms with Crippen LogP contribution in [0.15, 0.2) is 95.5 Å². The second kappa shape index (κ2) is 11.1. The smallest absolute Gasteiger partial charge is 0.258 e. The number of nitrogens with one attached hydrogen (secondary N) is 2. The van der Waals surface area contributed by atoms with Crippen molar-refractivity contribution in [2.24, 2.45) is 0 Å². The first-order valence-electron chi connectivity index (χ1n) is 12.0. The van der Waals surface area contributed by atoms with Crippen molar-refractivity contribution in [2.75, 3.05) is 36.4 Å². The molecule has 1 heterocycles. The number of amides is 2. The van der Waals surface area contributed by atoms with Crippen molar-refractivity contribution in [3.05, 3.63) is 107 Å². The highest BCUT2D eigenvalue weighted by Crippen LogP contribution is 2.28. The Balaban J connectivity index is 1.25. The molecule has 1 aliphatic heterocycles. The number of carbonyl (C=O) groups is 2. The minimum absolute atomic E-state index is 0.0519. The minimum atomic E-state index is -0.272. The molecule has 8 heteroatoms. The SMILES string of the molecule is O=C(NC(=S)Nc1ccccc1N1CCN(C(=O)c2ccccc2)CC1)c1cccc2c(Br)cccc12. The Morgan fingerprint density at radius 3 is 2.22 bits per heavy atom. The summed E-state index contributed by atoms with van der Waals surface area (Å²) in [5.74, 6) is -0.220. The number of benzene rings is 4. The summed E-state index contributed by atoms with van der Waals surface area (Å²) in [5.41, 5.74) is 3.03. The predicted octanol–water partition coefficient (Wildman–Crippen LogP) is 5.69. The minimum Gasteiger partial charge on any atom is -0.366 e. The van der Waals surface area contributed by atoms with Crippen LogP contribution >= 0.6 is 28.1 Å². The molecule has 0 radical (unpaired) electrons. The third-order valence-electron chi connectivity index (χ3n) is 6.42. The molecule has 37 heavy (non-hydrogen) atoms. The second-order valence-corrected chi connectivity index (χ2v) is 9.97. The number of anilines is 2. The average Bonchev–Trinajstić information content (AvgIpc) is 2.93. The largest absolute Gasteiger partial charge is 0.366 e. The first kappa shape index (κ1) is 24.9. The van der Waals surface area contributed by atoms with E-state index in [-0.39, 0.29) is 16.9 Å². The number of thiocarbonyl (C=S) groups is 1. The van der Waals surface area contributed by atoms with Gasteiger partial charge in [-0.25, -0.2) is 0 Å². The molecule has 0 aromatic heterocycles. The number of carbonyl (C=O) groups excluding carboxylic acids is 2. The van der Waals surface area contributed by atoms with Gasteiger partial charge in [0.2, 0.25) is 0 Å². The molecule has 5 rings (SSSR count). The Labute approximate surface area is 229 Å². The maximum absolute atomic E-state index is 13.1. The van der Waals surface area contributed by atoms with Crippen LogP contribution in [0.3, 0.4) is 0 Å². The maximum Gasteiger partial charge on any atom is 0.258 e. The average molecular weight is 574 g/mol. The number of para-hydroxylation sites is 2. The van der Waals surface area contributed by atoms with Crippen LogP contribution in [0.5, 0.6) is 0 Å². The first-order chi connectivity index (χ1) is 18.0. The zero-order valence-corrected chi connectivity index (χ0v) is 22.4. The summed E-state index contributed by atoms with van der Waals surface area (Å²) < 4.78 is 0.930. The summed E-state index contributed by atoms with van der Waals surface area (Å²) in [5, 5.41) is 8.05. The van der Waals surface area contributed by atoms with E-state index >= 15 is 0 Å². The number of rotatable bonds is 4. The molecule has 0 saturated carbocycles. The summed E-state index contributed by atoms with van der Waals surface area (Å²) in [4.78, 5) is 30.0. The highest BCUT2D eigenvalue weighted by Gasteiger charge is 2.23. The third kappa shape index (κ3) is 5.50. The number of fused-ring (bicyclic) bond motifs is 1. The molecule has 2 amide bonds. The Morgan fingerprint density at radius 2 is 1.43 bits per heavy atom. The van der Waals surface area contributed by atoms with Gasteiger partial charge in [0, 0.05) is 41.8 Å². The number of hydrogen-bond acceptors (Lipinski definition) is 4. The van der Waals surface area contributed by atoms with Crippen molar-refractivity contribution in [1.29, 1.82) is 0 Å². The Kier molecular flexibility index (Phi) is 7.48. The van der Waals surface area contributed by atoms with Crippen molar-refractivity contribution >= 4 is 67.2 Å². The van der Waals surface area contributed by atoms with E-state index in [1.165, 1.54) is 0 Å². The van der Waals surface area contributed by atoms with Gasteiger partial charge < -0.3 is 15.1 Å². The molecular weight excluding hydrogens is 548 g/mol. The zero-order chi connectivity index (χ0) is 25.8. The lowest BCUT2D eigenvalue weighted by Gasteiger charge is -2.37. The van der Waals surface area contributed by atoms with Crippen LogP contribution in [0.1, 0.15) is 20.7 Å². The number of halogens is 1. The molecular formula is C29H25BrN4O2S. The fraction of sp³-hybridized carbons (Fsp3) is 0.138. The van der Waals surface area contributed by atoms with Crippen LogP contribution in [0.25, 0.3) is 10.8 Å². The van der Waals surface area contributed by atoms with Crippen molar-refractivity contribution in [3.63, 3.8) is 0 Å². The van der Waals surface area contributed by atoms with Crippen LogP contribution in [0, 0.1) is 0 Å². The fourth-order valence-corrected chi connectivity index (χ4v) is 5.26. The van der Waals surface area contributed by atoms with Gasteiger partial charge in [0.15, 0.2) is 5.11 Å². The van der Waals surface area contributed by atoms with Crippen molar-refractivity contribution < 1.29 is 9.59 Å². The molecule has 4 aromatic carbocycles. The summed E-state index contributed by atoms with van der Waals surface area (Å²) in [6.45, 7) is 2.64. The number of piperazine rings is 1. The molecule has 1 aliphatic rings. The van der Waals surface area contributed by atoms with E-state index in [0.717, 1.165) is 26.6 Å². The van der Waals surface area contributed by atoms with Gasteiger partial charge in [-0.1, -0.05) is 70.5 Å². The molecule has 6 nitrogen and oxygen atoms in total. The molecule has 2 N–H and O–H groups in total. The number of hydrogen-bond donors (Lipinski definition) is 2. The molecule has 0 bridgehead atoms. The van der Waals surface area contributed by atoms with E-state index in [1.54, 1.807) is 6.07 Å². The van der Waals surface area contributed by atoms with Crippen LogP contribution in [0.4, 0.5) is 11.4 Å². The van der Waals surface area contributed by atoms with Crippen LogP contribution in [0.2, 0.25) is 0 Å². The van der Waals surface area contributed by atoms with Gasteiger partial charge in [-0.05, 0) is 59.4 Å². The molecule has 1 fully saturated rings. The molecule has 0 unspecified atom stereocenters. The van der Waals surface area contributed by atoms with E-state index in [0.29, 0.717) is 37.3 Å². The number of nitrogens with zero attached hydrogens (tertiary/aromatic N) is 2. The lowest BCUT2D eigenvalue weighted by Crippen LogP contribution is -2.49. The van der Waals surface area contributed by atoms with E-state index in [2.05, 4.69) is 31.5 Å². The van der Waals surface area contributed by atoms with E-state index in [9.17, 15) is 9.59 Å². The highest BCUT2D eigenvalue weighted by molar-refractivity contribution is 9.10. The first-order valence-corrected chi connectivity index (χ1v) is 13.2. The predicted molar refractivity (Wildman–Crippen MR) is 156 cm³/mol. The fourth-order valence-electron chi connectivity index (χ4n) is 4.56. The van der Waals surface area contributed by atoms with Crippen LogP contribution in [-0.4, -0.2) is 48.0 Å². The standard InChI is InChI=1S/C29H25BrN4O2S/c30-24-13-7-10-21-22(24)11-6-12-23(21)27(35)32-29(37)31-25-14-4-5-15-26(25)33-16-18-34(19-17-33)28(36)20-8-2-1-3-9-20/h1-15H,16-19H2,(H2,31,32,35,37). The quantitative estimate of drug-likeness (QED) is 0.307. The van der Waals surface area contributed by atoms with Gasteiger partial charge in [-0.3, -0.25) is 14.9 Å². The summed E-state index contributed by atoms with van der Waals surface area (Å²) in [7, 11) is 0. The van der Waals surface area contributed by atoms with E-state index in [1.807, 2.05) is 89.8 Å². The van der Waals surface area contributed by atoms with Gasteiger partial charge in [-0.15, -0.1) is 0 Å². The lowest BCUT2D eigenvalue weighted by molar-refractivity contribution is 0.0746. The lowest BCUT2D eigenvalue weighted by atomic mass is 10.0. The summed E-state index contributed by atoms with van der Waals surface area (Å²) in [6, 6.07) is 28.6. The highest BCUT2D eigenvalue weighted by atomic mass is 79.9. The van der Waals surface area contributed by atoms with Gasteiger partial charge in [0.05, 0.1) is 11.4 Å². The van der Waals surface area contributed by atoms with Gasteiger partial charge in [-0.2, -0.15) is 0 Å². The Morgan fingerprint density at radius 1 is 0.757 bits per heavy atom.